The van der Waals surface area contributed by atoms with Crippen LogP contribution in [0.2, 0.25) is 0 Å². The lowest BCUT2D eigenvalue weighted by atomic mass is 10.1. The van der Waals surface area contributed by atoms with Crippen molar-refractivity contribution >= 4 is 46.1 Å². The summed E-state index contributed by atoms with van der Waals surface area (Å²) in [5.41, 5.74) is 1.58. The van der Waals surface area contributed by atoms with E-state index in [1.807, 2.05) is 12.1 Å². The number of amides is 3. The molecule has 1 aromatic carbocycles. The molecule has 5 nitrogen and oxygen atoms in total. The Hall–Kier alpha value is -1.53. The van der Waals surface area contributed by atoms with Gasteiger partial charge in [-0.3, -0.25) is 19.3 Å². The third kappa shape index (κ3) is 3.32. The van der Waals surface area contributed by atoms with E-state index in [1.165, 1.54) is 7.05 Å². The second-order valence-electron chi connectivity index (χ2n) is 4.35. The summed E-state index contributed by atoms with van der Waals surface area (Å²) >= 11 is 6.45. The monoisotopic (exact) mass is 312 g/mol. The number of halogens is 1. The third-order valence-corrected chi connectivity index (χ3v) is 4.27. The van der Waals surface area contributed by atoms with E-state index in [9.17, 15) is 14.4 Å². The highest BCUT2D eigenvalue weighted by Crippen LogP contribution is 2.28. The molecule has 0 spiro atoms. The number of nitrogens with one attached hydrogen (secondary N) is 1. The Bertz CT molecular complexity index is 547. The van der Waals surface area contributed by atoms with Gasteiger partial charge in [0.25, 0.3) is 5.24 Å². The highest BCUT2D eigenvalue weighted by atomic mass is 35.5. The van der Waals surface area contributed by atoms with E-state index in [4.69, 9.17) is 11.6 Å². The Morgan fingerprint density at radius 1 is 1.35 bits per heavy atom. The fourth-order valence-electron chi connectivity index (χ4n) is 1.82. The van der Waals surface area contributed by atoms with Gasteiger partial charge in [-0.15, -0.1) is 11.6 Å². The van der Waals surface area contributed by atoms with Crippen LogP contribution in [-0.4, -0.2) is 40.1 Å². The van der Waals surface area contributed by atoms with Gasteiger partial charge in [0.1, 0.15) is 5.88 Å². The molecule has 0 unspecified atom stereocenters. The molecule has 20 heavy (non-hydrogen) atoms. The van der Waals surface area contributed by atoms with Gasteiger partial charge in [0.15, 0.2) is 0 Å². The molecule has 0 saturated carbocycles. The summed E-state index contributed by atoms with van der Waals surface area (Å²) in [6.45, 7) is 0. The van der Waals surface area contributed by atoms with Crippen LogP contribution in [0.1, 0.15) is 5.56 Å². The number of nitrogens with zero attached hydrogens (tertiary/aromatic N) is 1. The van der Waals surface area contributed by atoms with Crippen LogP contribution in [0.3, 0.4) is 0 Å². The summed E-state index contributed by atoms with van der Waals surface area (Å²) in [6, 6.07) is 7.13. The highest BCUT2D eigenvalue weighted by Gasteiger charge is 2.36. The number of alkyl halides is 1. The Kier molecular flexibility index (Phi) is 4.67. The molecule has 1 atom stereocenters. The van der Waals surface area contributed by atoms with E-state index in [0.29, 0.717) is 12.1 Å². The molecule has 7 heteroatoms. The van der Waals surface area contributed by atoms with Crippen LogP contribution in [0.5, 0.6) is 0 Å². The van der Waals surface area contributed by atoms with Crippen LogP contribution in [0.4, 0.5) is 10.5 Å². The van der Waals surface area contributed by atoms with E-state index >= 15 is 0 Å². The van der Waals surface area contributed by atoms with Gasteiger partial charge in [0.2, 0.25) is 11.8 Å². The van der Waals surface area contributed by atoms with Crippen LogP contribution < -0.4 is 5.32 Å². The average Bonchev–Trinajstić information content (AvgIpc) is 2.68. The van der Waals surface area contributed by atoms with E-state index in [0.717, 1.165) is 22.2 Å². The van der Waals surface area contributed by atoms with E-state index in [-0.39, 0.29) is 28.2 Å². The van der Waals surface area contributed by atoms with Crippen molar-refractivity contribution in [2.45, 2.75) is 11.7 Å². The minimum atomic E-state index is -0.365. The summed E-state index contributed by atoms with van der Waals surface area (Å²) < 4.78 is 0. The molecular weight excluding hydrogens is 300 g/mol. The first kappa shape index (κ1) is 14.9. The number of hydrogen-bond donors (Lipinski definition) is 1. The molecule has 1 N–H and O–H groups in total. The van der Waals surface area contributed by atoms with Crippen molar-refractivity contribution < 1.29 is 14.4 Å². The molecule has 0 aromatic heterocycles. The molecule has 3 amide bonds. The van der Waals surface area contributed by atoms with E-state index in [1.54, 1.807) is 12.1 Å². The number of anilines is 1. The summed E-state index contributed by atoms with van der Waals surface area (Å²) in [6.07, 6.45) is 0.489. The number of thioether (sulfide) groups is 1. The van der Waals surface area contributed by atoms with Gasteiger partial charge < -0.3 is 5.32 Å². The molecule has 2 rings (SSSR count). The quantitative estimate of drug-likeness (QED) is 0.865. The number of rotatable bonds is 4. The minimum Gasteiger partial charge on any atom is -0.325 e. The summed E-state index contributed by atoms with van der Waals surface area (Å²) in [4.78, 5) is 35.5. The molecule has 1 heterocycles. The summed E-state index contributed by atoms with van der Waals surface area (Å²) in [7, 11) is 1.49. The van der Waals surface area contributed by atoms with Crippen LogP contribution in [-0.2, 0) is 16.0 Å². The second kappa shape index (κ2) is 6.28. The van der Waals surface area contributed by atoms with E-state index in [2.05, 4.69) is 5.32 Å². The Labute approximate surface area is 125 Å². The zero-order chi connectivity index (χ0) is 14.7. The van der Waals surface area contributed by atoms with Crippen molar-refractivity contribution in [3.05, 3.63) is 29.8 Å². The van der Waals surface area contributed by atoms with Crippen molar-refractivity contribution in [3.63, 3.8) is 0 Å². The molecular formula is C13H13ClN2O3S. The highest BCUT2D eigenvalue weighted by molar-refractivity contribution is 8.15. The van der Waals surface area contributed by atoms with Crippen molar-refractivity contribution in [1.29, 1.82) is 0 Å². The first-order valence-electron chi connectivity index (χ1n) is 5.94. The predicted octanol–water partition coefficient (Wildman–Crippen LogP) is 2.10. The van der Waals surface area contributed by atoms with Gasteiger partial charge in [-0.25, -0.2) is 0 Å². The lowest BCUT2D eigenvalue weighted by Crippen LogP contribution is -2.28. The largest absolute Gasteiger partial charge is 0.325 e. The molecule has 0 aliphatic carbocycles. The zero-order valence-corrected chi connectivity index (χ0v) is 12.3. The molecule has 0 bridgehead atoms. The maximum absolute atomic E-state index is 11.8. The fourth-order valence-corrected chi connectivity index (χ4v) is 2.91. The zero-order valence-electron chi connectivity index (χ0n) is 10.8. The number of benzene rings is 1. The van der Waals surface area contributed by atoms with Gasteiger partial charge in [-0.2, -0.15) is 0 Å². The van der Waals surface area contributed by atoms with Crippen molar-refractivity contribution in [1.82, 2.24) is 4.90 Å². The SMILES string of the molecule is CN1C(=O)S[C@H](Cc2ccc(NC(=O)CCl)cc2)C1=O. The predicted molar refractivity (Wildman–Crippen MR) is 79.0 cm³/mol. The molecule has 0 radical (unpaired) electrons. The molecule has 1 saturated heterocycles. The lowest BCUT2D eigenvalue weighted by molar-refractivity contribution is -0.125. The number of carbonyl (C=O) groups excluding carboxylic acids is 3. The molecule has 106 valence electrons. The normalized spacial score (nSPS) is 18.5. The first-order valence-corrected chi connectivity index (χ1v) is 7.35. The van der Waals surface area contributed by atoms with Gasteiger partial charge in [0.05, 0.1) is 5.25 Å². The smallest absolute Gasteiger partial charge is 0.288 e. The van der Waals surface area contributed by atoms with Crippen molar-refractivity contribution in [3.8, 4) is 0 Å². The Morgan fingerprint density at radius 2 is 2.00 bits per heavy atom. The maximum atomic E-state index is 11.8. The van der Waals surface area contributed by atoms with E-state index < -0.39 is 0 Å². The summed E-state index contributed by atoms with van der Waals surface area (Å²) in [5.74, 6) is -0.531. The Balaban J connectivity index is 1.99. The van der Waals surface area contributed by atoms with Crippen LogP contribution >= 0.6 is 23.4 Å². The molecule has 1 aliphatic heterocycles. The minimum absolute atomic E-state index is 0.0938. The molecule has 1 aromatic rings. The number of carbonyl (C=O) groups is 3. The lowest BCUT2D eigenvalue weighted by Gasteiger charge is -2.08. The van der Waals surface area contributed by atoms with Gasteiger partial charge in [-0.05, 0) is 24.1 Å². The number of hydrogen-bond acceptors (Lipinski definition) is 4. The van der Waals surface area contributed by atoms with Crippen LogP contribution in [0.25, 0.3) is 0 Å². The first-order chi connectivity index (χ1) is 9.51. The summed E-state index contributed by atoms with van der Waals surface area (Å²) in [5, 5.41) is 2.05. The van der Waals surface area contributed by atoms with Gasteiger partial charge in [0, 0.05) is 12.7 Å². The topological polar surface area (TPSA) is 66.5 Å². The third-order valence-electron chi connectivity index (χ3n) is 2.90. The maximum Gasteiger partial charge on any atom is 0.288 e. The number of imide groups is 1. The van der Waals surface area contributed by atoms with Crippen molar-refractivity contribution in [2.75, 3.05) is 18.2 Å². The second-order valence-corrected chi connectivity index (χ2v) is 5.77. The van der Waals surface area contributed by atoms with Gasteiger partial charge >= 0.3 is 0 Å². The Morgan fingerprint density at radius 3 is 2.50 bits per heavy atom. The van der Waals surface area contributed by atoms with Crippen molar-refractivity contribution in [2.24, 2.45) is 0 Å². The average molecular weight is 313 g/mol. The molecule has 1 aliphatic rings. The van der Waals surface area contributed by atoms with Gasteiger partial charge in [-0.1, -0.05) is 23.9 Å². The van der Waals surface area contributed by atoms with Crippen LogP contribution in [0.15, 0.2) is 24.3 Å². The fraction of sp³-hybridized carbons (Fsp3) is 0.308. The standard InChI is InChI=1S/C13H13ClN2O3S/c1-16-12(18)10(20-13(16)19)6-8-2-4-9(5-3-8)15-11(17)7-14/h2-5,10H,6-7H2,1H3,(H,15,17)/t10-/m1/s1. The van der Waals surface area contributed by atoms with Crippen LogP contribution in [0, 0.1) is 0 Å². The molecule has 1 fully saturated rings.